The van der Waals surface area contributed by atoms with Gasteiger partial charge in [-0.1, -0.05) is 24.9 Å². The lowest BCUT2D eigenvalue weighted by atomic mass is 10.1. The summed E-state index contributed by atoms with van der Waals surface area (Å²) in [7, 11) is 1.43. The summed E-state index contributed by atoms with van der Waals surface area (Å²) < 4.78 is 19.2. The second-order valence-electron chi connectivity index (χ2n) is 5.88. The van der Waals surface area contributed by atoms with E-state index in [0.29, 0.717) is 17.9 Å². The molecule has 0 radical (unpaired) electrons. The van der Waals surface area contributed by atoms with Gasteiger partial charge in [0.25, 0.3) is 5.91 Å². The molecule has 27 heavy (non-hydrogen) atoms. The Balaban J connectivity index is 2.22. The third kappa shape index (κ3) is 5.42. The van der Waals surface area contributed by atoms with Gasteiger partial charge in [0.2, 0.25) is 5.91 Å². The van der Waals surface area contributed by atoms with Crippen LogP contribution in [0.2, 0.25) is 5.02 Å². The summed E-state index contributed by atoms with van der Waals surface area (Å²) in [6.07, 6.45) is 1.34. The molecule has 4 N–H and O–H groups in total. The number of ether oxygens (including phenoxy) is 1. The van der Waals surface area contributed by atoms with Crippen molar-refractivity contribution in [3.05, 3.63) is 52.8 Å². The van der Waals surface area contributed by atoms with Crippen LogP contribution in [0.5, 0.6) is 5.75 Å². The van der Waals surface area contributed by atoms with E-state index in [9.17, 15) is 14.0 Å². The summed E-state index contributed by atoms with van der Waals surface area (Å²) >= 11 is 5.70. The van der Waals surface area contributed by atoms with Gasteiger partial charge in [-0.2, -0.15) is 0 Å². The fourth-order valence-electron chi connectivity index (χ4n) is 2.42. The maximum atomic E-state index is 14.0. The van der Waals surface area contributed by atoms with Crippen molar-refractivity contribution < 1.29 is 18.7 Å². The van der Waals surface area contributed by atoms with Gasteiger partial charge in [0.1, 0.15) is 11.6 Å². The Bertz CT molecular complexity index is 845. The van der Waals surface area contributed by atoms with Crippen LogP contribution in [-0.4, -0.2) is 25.0 Å². The van der Waals surface area contributed by atoms with E-state index in [0.717, 1.165) is 12.5 Å². The molecule has 144 valence electrons. The van der Waals surface area contributed by atoms with E-state index in [2.05, 4.69) is 10.6 Å². The van der Waals surface area contributed by atoms with Gasteiger partial charge in [-0.3, -0.25) is 9.59 Å². The molecule has 0 saturated carbocycles. The lowest BCUT2D eigenvalue weighted by Gasteiger charge is -2.15. The molecule has 0 aliphatic heterocycles. The van der Waals surface area contributed by atoms with E-state index in [1.165, 1.54) is 25.3 Å². The zero-order valence-corrected chi connectivity index (χ0v) is 15.8. The molecule has 0 heterocycles. The molecule has 2 amide bonds. The zero-order chi connectivity index (χ0) is 20.0. The monoisotopic (exact) mass is 393 g/mol. The summed E-state index contributed by atoms with van der Waals surface area (Å²) in [6.45, 7) is 1.93. The second-order valence-corrected chi connectivity index (χ2v) is 6.31. The first kappa shape index (κ1) is 20.7. The highest BCUT2D eigenvalue weighted by molar-refractivity contribution is 6.30. The first-order chi connectivity index (χ1) is 12.8. The number of methoxy groups -OCH3 is 1. The topological polar surface area (TPSA) is 93.5 Å². The van der Waals surface area contributed by atoms with Gasteiger partial charge >= 0.3 is 0 Å². The highest BCUT2D eigenvalue weighted by Gasteiger charge is 2.17. The van der Waals surface area contributed by atoms with Gasteiger partial charge < -0.3 is 21.1 Å². The zero-order valence-electron chi connectivity index (χ0n) is 15.0. The van der Waals surface area contributed by atoms with Gasteiger partial charge in [-0.05, 0) is 42.8 Å². The minimum absolute atomic E-state index is 0.166. The van der Waals surface area contributed by atoms with Crippen molar-refractivity contribution >= 4 is 34.8 Å². The van der Waals surface area contributed by atoms with E-state index in [-0.39, 0.29) is 22.2 Å². The Morgan fingerprint density at radius 1 is 1.22 bits per heavy atom. The Labute approximate surface area is 161 Å². The summed E-state index contributed by atoms with van der Waals surface area (Å²) in [4.78, 5) is 24.5. The van der Waals surface area contributed by atoms with Crippen LogP contribution in [0.1, 0.15) is 30.1 Å². The number of rotatable bonds is 7. The highest BCUT2D eigenvalue weighted by Crippen LogP contribution is 2.29. The van der Waals surface area contributed by atoms with Crippen LogP contribution in [0.25, 0.3) is 0 Å². The third-order valence-electron chi connectivity index (χ3n) is 3.83. The van der Waals surface area contributed by atoms with Crippen molar-refractivity contribution in [2.45, 2.75) is 25.8 Å². The average molecular weight is 394 g/mol. The van der Waals surface area contributed by atoms with Crippen molar-refractivity contribution in [2.75, 3.05) is 17.7 Å². The predicted octanol–water partition coefficient (Wildman–Crippen LogP) is 3.81. The van der Waals surface area contributed by atoms with Crippen molar-refractivity contribution in [3.63, 3.8) is 0 Å². The lowest BCUT2D eigenvalue weighted by molar-refractivity contribution is -0.117. The molecule has 2 aromatic carbocycles. The van der Waals surface area contributed by atoms with Gasteiger partial charge in [0, 0.05) is 10.7 Å². The van der Waals surface area contributed by atoms with Crippen molar-refractivity contribution in [1.82, 2.24) is 0 Å². The summed E-state index contributed by atoms with van der Waals surface area (Å²) in [5.41, 5.74) is 6.34. The van der Waals surface area contributed by atoms with Crippen LogP contribution in [0.3, 0.4) is 0 Å². The number of anilines is 2. The van der Waals surface area contributed by atoms with Crippen LogP contribution in [0.4, 0.5) is 15.8 Å². The van der Waals surface area contributed by atoms with Crippen molar-refractivity contribution in [2.24, 2.45) is 5.73 Å². The molecule has 1 unspecified atom stereocenters. The molecule has 0 aromatic heterocycles. The van der Waals surface area contributed by atoms with Crippen LogP contribution in [0, 0.1) is 5.82 Å². The van der Waals surface area contributed by atoms with E-state index in [1.54, 1.807) is 12.1 Å². The van der Waals surface area contributed by atoms with Crippen LogP contribution < -0.4 is 21.1 Å². The lowest BCUT2D eigenvalue weighted by Crippen LogP contribution is -2.35. The molecule has 2 rings (SSSR count). The van der Waals surface area contributed by atoms with E-state index in [1.807, 2.05) is 6.92 Å². The molecule has 0 spiro atoms. The van der Waals surface area contributed by atoms with E-state index < -0.39 is 17.8 Å². The smallest absolute Gasteiger partial charge is 0.258 e. The fourth-order valence-corrected chi connectivity index (χ4v) is 2.58. The Morgan fingerprint density at radius 3 is 2.59 bits per heavy atom. The largest absolute Gasteiger partial charge is 0.495 e. The Kier molecular flexibility index (Phi) is 7.15. The quantitative estimate of drug-likeness (QED) is 0.666. The van der Waals surface area contributed by atoms with Gasteiger partial charge in [-0.25, -0.2) is 4.39 Å². The SMILES string of the molecule is CCCC(N)C(=O)Nc1ccc(OC)c(NC(=O)c2ccc(Cl)cc2F)c1. The van der Waals surface area contributed by atoms with Crippen LogP contribution in [0.15, 0.2) is 36.4 Å². The molecule has 1 atom stereocenters. The molecule has 2 aromatic rings. The number of carbonyl (C=O) groups is 2. The molecule has 0 saturated heterocycles. The molecule has 0 fully saturated rings. The highest BCUT2D eigenvalue weighted by atomic mass is 35.5. The first-order valence-electron chi connectivity index (χ1n) is 8.36. The molecule has 8 heteroatoms. The van der Waals surface area contributed by atoms with Gasteiger partial charge in [-0.15, -0.1) is 0 Å². The first-order valence-corrected chi connectivity index (χ1v) is 8.74. The number of benzene rings is 2. The minimum atomic E-state index is -0.742. The molecule has 6 nitrogen and oxygen atoms in total. The van der Waals surface area contributed by atoms with Crippen molar-refractivity contribution in [3.8, 4) is 5.75 Å². The maximum absolute atomic E-state index is 14.0. The van der Waals surface area contributed by atoms with Gasteiger partial charge in [0.05, 0.1) is 24.4 Å². The molecular weight excluding hydrogens is 373 g/mol. The summed E-state index contributed by atoms with van der Waals surface area (Å²) in [5.74, 6) is -1.39. The van der Waals surface area contributed by atoms with Crippen molar-refractivity contribution in [1.29, 1.82) is 0 Å². The number of hydrogen-bond acceptors (Lipinski definition) is 4. The predicted molar refractivity (Wildman–Crippen MR) is 104 cm³/mol. The third-order valence-corrected chi connectivity index (χ3v) is 4.06. The Hall–Kier alpha value is -2.64. The maximum Gasteiger partial charge on any atom is 0.258 e. The molecule has 0 aliphatic carbocycles. The second kappa shape index (κ2) is 9.34. The standard InChI is InChI=1S/C19H21ClFN3O3/c1-3-4-15(22)19(26)23-12-6-8-17(27-2)16(10-12)24-18(25)13-7-5-11(20)9-14(13)21/h5-10,15H,3-4,22H2,1-2H3,(H,23,26)(H,24,25). The van der Waals surface area contributed by atoms with E-state index in [4.69, 9.17) is 22.1 Å². The van der Waals surface area contributed by atoms with E-state index >= 15 is 0 Å². The number of halogens is 2. The van der Waals surface area contributed by atoms with Crippen LogP contribution >= 0.6 is 11.6 Å². The minimum Gasteiger partial charge on any atom is -0.495 e. The number of amides is 2. The average Bonchev–Trinajstić information content (AvgIpc) is 2.62. The molecule has 0 bridgehead atoms. The number of hydrogen-bond donors (Lipinski definition) is 3. The summed E-state index contributed by atoms with van der Waals surface area (Å²) in [5, 5.41) is 5.45. The molecule has 0 aliphatic rings. The normalized spacial score (nSPS) is 11.6. The summed E-state index contributed by atoms with van der Waals surface area (Å²) in [6, 6.07) is 7.85. The Morgan fingerprint density at radius 2 is 1.96 bits per heavy atom. The fraction of sp³-hybridized carbons (Fsp3) is 0.263. The number of carbonyl (C=O) groups excluding carboxylic acids is 2. The van der Waals surface area contributed by atoms with Gasteiger partial charge in [0.15, 0.2) is 0 Å². The number of nitrogens with two attached hydrogens (primary N) is 1. The molecular formula is C19H21ClFN3O3. The van der Waals surface area contributed by atoms with Crippen LogP contribution in [-0.2, 0) is 4.79 Å². The number of nitrogens with one attached hydrogen (secondary N) is 2.